The normalized spacial score (nSPS) is 11.8. The molecular weight excluding hydrogens is 374 g/mol. The van der Waals surface area contributed by atoms with Gasteiger partial charge in [-0.05, 0) is 45.0 Å². The highest BCUT2D eigenvalue weighted by molar-refractivity contribution is 6.32. The van der Waals surface area contributed by atoms with E-state index in [-0.39, 0.29) is 23.2 Å². The molecule has 0 fully saturated rings. The molecule has 8 heteroatoms. The Balaban J connectivity index is 2.03. The largest absolute Gasteiger partial charge is 0.493 e. The summed E-state index contributed by atoms with van der Waals surface area (Å²) >= 11 is 6.20. The van der Waals surface area contributed by atoms with E-state index in [0.29, 0.717) is 17.3 Å². The first-order chi connectivity index (χ1) is 12.8. The summed E-state index contributed by atoms with van der Waals surface area (Å²) in [5.41, 5.74) is 0.152. The number of rotatable bonds is 8. The minimum Gasteiger partial charge on any atom is -0.493 e. The van der Waals surface area contributed by atoms with Crippen LogP contribution in [0.2, 0.25) is 5.02 Å². The summed E-state index contributed by atoms with van der Waals surface area (Å²) in [6, 6.07) is 6.32. The third-order valence-electron chi connectivity index (χ3n) is 3.49. The number of furan rings is 1. The van der Waals surface area contributed by atoms with Crippen LogP contribution in [0.1, 0.15) is 36.9 Å². The molecule has 7 nitrogen and oxygen atoms in total. The number of nitrogens with one attached hydrogen (secondary N) is 1. The van der Waals surface area contributed by atoms with E-state index in [4.69, 9.17) is 30.2 Å². The van der Waals surface area contributed by atoms with Gasteiger partial charge in [-0.1, -0.05) is 11.6 Å². The topological polar surface area (TPSA) is 87.0 Å². The Kier molecular flexibility index (Phi) is 7.12. The number of benzene rings is 1. The molecule has 0 bridgehead atoms. The maximum atomic E-state index is 12.4. The van der Waals surface area contributed by atoms with Crippen LogP contribution >= 0.6 is 11.6 Å². The zero-order valence-corrected chi connectivity index (χ0v) is 16.3. The van der Waals surface area contributed by atoms with E-state index in [2.05, 4.69) is 5.32 Å². The smallest absolute Gasteiger partial charge is 0.339 e. The first-order valence-electron chi connectivity index (χ1n) is 8.37. The second-order valence-corrected chi connectivity index (χ2v) is 6.41. The number of amides is 1. The summed E-state index contributed by atoms with van der Waals surface area (Å²) in [4.78, 5) is 24.4. The van der Waals surface area contributed by atoms with Crippen LogP contribution in [-0.4, -0.2) is 31.2 Å². The Labute approximate surface area is 162 Å². The molecule has 0 spiro atoms. The van der Waals surface area contributed by atoms with Gasteiger partial charge in [0.15, 0.2) is 17.6 Å². The fourth-order valence-corrected chi connectivity index (χ4v) is 2.46. The zero-order valence-electron chi connectivity index (χ0n) is 15.6. The quantitative estimate of drug-likeness (QED) is 0.687. The van der Waals surface area contributed by atoms with Gasteiger partial charge in [-0.2, -0.15) is 0 Å². The van der Waals surface area contributed by atoms with Gasteiger partial charge in [0.05, 0.1) is 36.6 Å². The molecule has 2 aromatic rings. The summed E-state index contributed by atoms with van der Waals surface area (Å²) in [5.74, 6) is 0.0942. The van der Waals surface area contributed by atoms with Gasteiger partial charge in [0.2, 0.25) is 0 Å². The van der Waals surface area contributed by atoms with Crippen molar-refractivity contribution in [2.45, 2.75) is 39.5 Å². The van der Waals surface area contributed by atoms with Crippen LogP contribution < -0.4 is 14.8 Å². The van der Waals surface area contributed by atoms with E-state index in [1.54, 1.807) is 12.1 Å². The molecule has 2 rings (SSSR count). The fraction of sp³-hybridized carbons (Fsp3) is 0.368. The predicted octanol–water partition coefficient (Wildman–Crippen LogP) is 3.59. The van der Waals surface area contributed by atoms with Crippen LogP contribution in [0.25, 0.3) is 0 Å². The van der Waals surface area contributed by atoms with Crippen molar-refractivity contribution in [2.75, 3.05) is 7.11 Å². The lowest BCUT2D eigenvalue weighted by Gasteiger charge is -2.17. The van der Waals surface area contributed by atoms with Crippen LogP contribution in [0.3, 0.4) is 0 Å². The van der Waals surface area contributed by atoms with E-state index < -0.39 is 18.0 Å². The molecule has 0 unspecified atom stereocenters. The van der Waals surface area contributed by atoms with Crippen molar-refractivity contribution in [1.29, 1.82) is 0 Å². The molecule has 1 heterocycles. The first kappa shape index (κ1) is 20.6. The SMILES string of the molecule is COc1cc(C(=O)O[C@@H](C)C(=O)NCc2ccco2)cc(Cl)c1OC(C)C. The Morgan fingerprint density at radius 1 is 1.26 bits per heavy atom. The van der Waals surface area contributed by atoms with E-state index in [0.717, 1.165) is 0 Å². The molecule has 146 valence electrons. The lowest BCUT2D eigenvalue weighted by Crippen LogP contribution is -2.35. The Morgan fingerprint density at radius 3 is 2.59 bits per heavy atom. The molecule has 0 aliphatic heterocycles. The third kappa shape index (κ3) is 5.65. The molecule has 0 radical (unpaired) electrons. The van der Waals surface area contributed by atoms with Crippen LogP contribution in [0.15, 0.2) is 34.9 Å². The molecule has 1 amide bonds. The van der Waals surface area contributed by atoms with Gasteiger partial charge < -0.3 is 23.9 Å². The second-order valence-electron chi connectivity index (χ2n) is 6.00. The molecule has 1 N–H and O–H groups in total. The number of hydrogen-bond donors (Lipinski definition) is 1. The Morgan fingerprint density at radius 2 is 2.00 bits per heavy atom. The number of ether oxygens (including phenoxy) is 3. The summed E-state index contributed by atoms with van der Waals surface area (Å²) < 4.78 is 21.2. The predicted molar refractivity (Wildman–Crippen MR) is 99.2 cm³/mol. The average Bonchev–Trinajstić information content (AvgIpc) is 3.14. The third-order valence-corrected chi connectivity index (χ3v) is 3.77. The molecule has 0 saturated heterocycles. The Hall–Kier alpha value is -2.67. The zero-order chi connectivity index (χ0) is 20.0. The molecule has 0 aliphatic carbocycles. The van der Waals surface area contributed by atoms with Gasteiger partial charge in [-0.15, -0.1) is 0 Å². The summed E-state index contributed by atoms with van der Waals surface area (Å²) in [6.45, 7) is 5.38. The van der Waals surface area contributed by atoms with Gasteiger partial charge in [-0.3, -0.25) is 4.79 Å². The van der Waals surface area contributed by atoms with Crippen LogP contribution in [-0.2, 0) is 16.1 Å². The number of carbonyl (C=O) groups is 2. The molecule has 27 heavy (non-hydrogen) atoms. The molecule has 0 aliphatic rings. The van der Waals surface area contributed by atoms with Gasteiger partial charge in [-0.25, -0.2) is 4.79 Å². The lowest BCUT2D eigenvalue weighted by molar-refractivity contribution is -0.129. The highest BCUT2D eigenvalue weighted by atomic mass is 35.5. The standard InChI is InChI=1S/C19H22ClNO6/c1-11(2)26-17-15(20)8-13(9-16(17)24-4)19(23)27-12(3)18(22)21-10-14-6-5-7-25-14/h5-9,11-12H,10H2,1-4H3,(H,21,22)/t12-/m0/s1. The monoisotopic (exact) mass is 395 g/mol. The van der Waals surface area contributed by atoms with Crippen molar-refractivity contribution in [3.63, 3.8) is 0 Å². The van der Waals surface area contributed by atoms with Crippen LogP contribution in [0.5, 0.6) is 11.5 Å². The van der Waals surface area contributed by atoms with Crippen molar-refractivity contribution in [1.82, 2.24) is 5.32 Å². The highest BCUT2D eigenvalue weighted by Crippen LogP contribution is 2.37. The molecule has 0 saturated carbocycles. The number of hydrogen-bond acceptors (Lipinski definition) is 6. The van der Waals surface area contributed by atoms with Gasteiger partial charge in [0, 0.05) is 0 Å². The molecule has 1 aromatic heterocycles. The minimum absolute atomic E-state index is 0.118. The van der Waals surface area contributed by atoms with E-state index in [1.807, 2.05) is 13.8 Å². The molecule has 1 aromatic carbocycles. The van der Waals surface area contributed by atoms with Gasteiger partial charge >= 0.3 is 5.97 Å². The maximum Gasteiger partial charge on any atom is 0.339 e. The lowest BCUT2D eigenvalue weighted by atomic mass is 10.2. The van der Waals surface area contributed by atoms with E-state index in [1.165, 1.54) is 32.4 Å². The van der Waals surface area contributed by atoms with Gasteiger partial charge in [0.25, 0.3) is 5.91 Å². The maximum absolute atomic E-state index is 12.4. The number of halogens is 1. The van der Waals surface area contributed by atoms with Crippen molar-refractivity contribution < 1.29 is 28.2 Å². The average molecular weight is 396 g/mol. The summed E-state index contributed by atoms with van der Waals surface area (Å²) in [6.07, 6.45) is 0.394. The van der Waals surface area contributed by atoms with Crippen molar-refractivity contribution in [3.05, 3.63) is 46.9 Å². The number of methoxy groups -OCH3 is 1. The van der Waals surface area contributed by atoms with Crippen LogP contribution in [0, 0.1) is 0 Å². The Bertz CT molecular complexity index is 788. The number of carbonyl (C=O) groups excluding carboxylic acids is 2. The van der Waals surface area contributed by atoms with Crippen molar-refractivity contribution in [3.8, 4) is 11.5 Å². The minimum atomic E-state index is -0.996. The van der Waals surface area contributed by atoms with Crippen molar-refractivity contribution in [2.24, 2.45) is 0 Å². The summed E-state index contributed by atoms with van der Waals surface area (Å²) in [7, 11) is 1.44. The van der Waals surface area contributed by atoms with E-state index >= 15 is 0 Å². The van der Waals surface area contributed by atoms with Crippen LogP contribution in [0.4, 0.5) is 0 Å². The fourth-order valence-electron chi connectivity index (χ4n) is 2.20. The van der Waals surface area contributed by atoms with E-state index in [9.17, 15) is 9.59 Å². The highest BCUT2D eigenvalue weighted by Gasteiger charge is 2.22. The summed E-state index contributed by atoms with van der Waals surface area (Å²) in [5, 5.41) is 2.84. The molecular formula is C19H22ClNO6. The van der Waals surface area contributed by atoms with Gasteiger partial charge in [0.1, 0.15) is 5.76 Å². The second kappa shape index (κ2) is 9.32. The first-order valence-corrected chi connectivity index (χ1v) is 8.74. The number of esters is 1. The molecule has 1 atom stereocenters. The van der Waals surface area contributed by atoms with Crippen molar-refractivity contribution >= 4 is 23.5 Å².